The number of carbonyl (C=O) groups is 1. The molecule has 2 aromatic rings. The highest BCUT2D eigenvalue weighted by Crippen LogP contribution is 2.33. The number of nitrogens with zero attached hydrogens (tertiary/aromatic N) is 2. The SMILES string of the molecule is CCNC(=NCc1ccc(C(N)=O)o1)N1CCc2cc(OC)c(OC)cc2C1.I. The van der Waals surface area contributed by atoms with Crippen molar-refractivity contribution < 1.29 is 18.7 Å². The van der Waals surface area contributed by atoms with Crippen molar-refractivity contribution in [2.45, 2.75) is 26.4 Å². The van der Waals surface area contributed by atoms with Gasteiger partial charge < -0.3 is 29.8 Å². The highest BCUT2D eigenvalue weighted by atomic mass is 127. The van der Waals surface area contributed by atoms with Gasteiger partial charge in [-0.2, -0.15) is 0 Å². The average Bonchev–Trinajstić information content (AvgIpc) is 3.19. The summed E-state index contributed by atoms with van der Waals surface area (Å²) in [5, 5.41) is 3.32. The van der Waals surface area contributed by atoms with Gasteiger partial charge in [0.15, 0.2) is 23.2 Å². The van der Waals surface area contributed by atoms with Crippen molar-refractivity contribution in [3.05, 3.63) is 46.9 Å². The molecule has 3 N–H and O–H groups in total. The summed E-state index contributed by atoms with van der Waals surface area (Å²) >= 11 is 0. The van der Waals surface area contributed by atoms with E-state index in [1.165, 1.54) is 11.1 Å². The van der Waals surface area contributed by atoms with E-state index in [0.29, 0.717) is 18.8 Å². The molecular weight excluding hydrogens is 487 g/mol. The Labute approximate surface area is 187 Å². The van der Waals surface area contributed by atoms with Gasteiger partial charge in [0.2, 0.25) is 0 Å². The summed E-state index contributed by atoms with van der Waals surface area (Å²) in [6, 6.07) is 7.35. The average molecular weight is 514 g/mol. The van der Waals surface area contributed by atoms with Crippen LogP contribution in [0.15, 0.2) is 33.7 Å². The molecule has 0 unspecified atom stereocenters. The number of ether oxygens (including phenoxy) is 2. The number of amides is 1. The van der Waals surface area contributed by atoms with Crippen molar-refractivity contribution in [1.82, 2.24) is 10.2 Å². The molecular formula is C20H27IN4O4. The van der Waals surface area contributed by atoms with Crippen LogP contribution in [0.5, 0.6) is 11.5 Å². The number of benzene rings is 1. The highest BCUT2D eigenvalue weighted by Gasteiger charge is 2.21. The predicted molar refractivity (Wildman–Crippen MR) is 121 cm³/mol. The van der Waals surface area contributed by atoms with E-state index in [0.717, 1.165) is 37.0 Å². The van der Waals surface area contributed by atoms with E-state index in [1.807, 2.05) is 19.1 Å². The summed E-state index contributed by atoms with van der Waals surface area (Å²) in [5.74, 6) is 2.41. The van der Waals surface area contributed by atoms with Gasteiger partial charge in [-0.3, -0.25) is 4.79 Å². The van der Waals surface area contributed by atoms with Crippen molar-refractivity contribution in [2.24, 2.45) is 10.7 Å². The number of hydrogen-bond donors (Lipinski definition) is 2. The van der Waals surface area contributed by atoms with Crippen LogP contribution in [0.2, 0.25) is 0 Å². The maximum absolute atomic E-state index is 11.2. The summed E-state index contributed by atoms with van der Waals surface area (Å²) in [6.45, 7) is 4.65. The largest absolute Gasteiger partial charge is 0.493 e. The van der Waals surface area contributed by atoms with E-state index in [-0.39, 0.29) is 29.7 Å². The standard InChI is InChI=1S/C20H26N4O4.HI/c1-4-22-20(23-11-15-5-6-16(28-15)19(21)25)24-8-7-13-9-17(26-2)18(27-3)10-14(13)12-24;/h5-6,9-10H,4,7-8,11-12H2,1-3H3,(H2,21,25)(H,22,23);1H. The fraction of sp³-hybridized carbons (Fsp3) is 0.400. The molecule has 0 radical (unpaired) electrons. The van der Waals surface area contributed by atoms with Crippen molar-refractivity contribution in [1.29, 1.82) is 0 Å². The number of aliphatic imine (C=N–C) groups is 1. The maximum atomic E-state index is 11.2. The van der Waals surface area contributed by atoms with Crippen molar-refractivity contribution in [3.8, 4) is 11.5 Å². The Morgan fingerprint density at radius 1 is 1.24 bits per heavy atom. The fourth-order valence-corrected chi connectivity index (χ4v) is 3.24. The molecule has 0 fully saturated rings. The molecule has 1 aromatic heterocycles. The number of halogens is 1. The summed E-state index contributed by atoms with van der Waals surface area (Å²) in [7, 11) is 3.29. The molecule has 9 heteroatoms. The van der Waals surface area contributed by atoms with Crippen LogP contribution in [0.1, 0.15) is 34.4 Å². The second kappa shape index (κ2) is 10.4. The lowest BCUT2D eigenvalue weighted by molar-refractivity contribution is 0.0972. The zero-order chi connectivity index (χ0) is 20.1. The van der Waals surface area contributed by atoms with E-state index in [2.05, 4.69) is 15.2 Å². The number of rotatable bonds is 6. The van der Waals surface area contributed by atoms with Crippen molar-refractivity contribution >= 4 is 35.8 Å². The smallest absolute Gasteiger partial charge is 0.284 e. The normalized spacial score (nSPS) is 13.3. The Kier molecular flexibility index (Phi) is 8.18. The van der Waals surface area contributed by atoms with E-state index >= 15 is 0 Å². The first-order chi connectivity index (χ1) is 13.5. The van der Waals surface area contributed by atoms with Crippen molar-refractivity contribution in [3.63, 3.8) is 0 Å². The fourth-order valence-electron chi connectivity index (χ4n) is 3.24. The lowest BCUT2D eigenvalue weighted by Crippen LogP contribution is -2.44. The van der Waals surface area contributed by atoms with Crippen LogP contribution < -0.4 is 20.5 Å². The number of primary amides is 1. The predicted octanol–water partition coefficient (Wildman–Crippen LogP) is 2.54. The Balaban J connectivity index is 0.00000300. The van der Waals surface area contributed by atoms with Crippen LogP contribution in [0.3, 0.4) is 0 Å². The van der Waals surface area contributed by atoms with E-state index in [1.54, 1.807) is 26.4 Å². The molecule has 3 rings (SSSR count). The third-order valence-electron chi connectivity index (χ3n) is 4.64. The van der Waals surface area contributed by atoms with Gasteiger partial charge in [0, 0.05) is 19.6 Å². The Morgan fingerprint density at radius 3 is 2.52 bits per heavy atom. The minimum absolute atomic E-state index is 0. The van der Waals surface area contributed by atoms with Gasteiger partial charge >= 0.3 is 0 Å². The quantitative estimate of drug-likeness (QED) is 0.349. The summed E-state index contributed by atoms with van der Waals surface area (Å²) in [5.41, 5.74) is 7.66. The van der Waals surface area contributed by atoms with Crippen LogP contribution in [0, 0.1) is 0 Å². The third kappa shape index (κ3) is 5.34. The van der Waals surface area contributed by atoms with Gasteiger partial charge in [0.25, 0.3) is 5.91 Å². The van der Waals surface area contributed by atoms with Crippen LogP contribution in [0.4, 0.5) is 0 Å². The van der Waals surface area contributed by atoms with E-state index < -0.39 is 5.91 Å². The second-order valence-corrected chi connectivity index (χ2v) is 6.45. The minimum Gasteiger partial charge on any atom is -0.493 e. The molecule has 2 heterocycles. The van der Waals surface area contributed by atoms with Crippen LogP contribution in [-0.4, -0.2) is 44.1 Å². The third-order valence-corrected chi connectivity index (χ3v) is 4.64. The number of furan rings is 1. The number of hydrogen-bond acceptors (Lipinski definition) is 5. The van der Waals surface area contributed by atoms with Gasteiger partial charge in [-0.05, 0) is 48.7 Å². The first-order valence-electron chi connectivity index (χ1n) is 9.21. The van der Waals surface area contributed by atoms with E-state index in [4.69, 9.17) is 19.6 Å². The maximum Gasteiger partial charge on any atom is 0.284 e. The van der Waals surface area contributed by atoms with Crippen LogP contribution >= 0.6 is 24.0 Å². The Bertz CT molecular complexity index is 881. The number of guanidine groups is 1. The van der Waals surface area contributed by atoms with Crippen LogP contribution in [-0.2, 0) is 19.5 Å². The molecule has 0 spiro atoms. The summed E-state index contributed by atoms with van der Waals surface area (Å²) in [4.78, 5) is 18.0. The molecule has 0 saturated heterocycles. The molecule has 0 atom stereocenters. The number of methoxy groups -OCH3 is 2. The van der Waals surface area contributed by atoms with Crippen LogP contribution in [0.25, 0.3) is 0 Å². The topological polar surface area (TPSA) is 102 Å². The van der Waals surface area contributed by atoms with Gasteiger partial charge in [-0.15, -0.1) is 24.0 Å². The van der Waals surface area contributed by atoms with Gasteiger partial charge in [-0.1, -0.05) is 0 Å². The van der Waals surface area contributed by atoms with Gasteiger partial charge in [0.05, 0.1) is 14.2 Å². The number of carbonyl (C=O) groups excluding carboxylic acids is 1. The minimum atomic E-state index is -0.584. The molecule has 0 aliphatic carbocycles. The highest BCUT2D eigenvalue weighted by molar-refractivity contribution is 14.0. The first-order valence-corrected chi connectivity index (χ1v) is 9.21. The number of nitrogens with one attached hydrogen (secondary N) is 1. The molecule has 1 aromatic carbocycles. The zero-order valence-electron chi connectivity index (χ0n) is 16.9. The molecule has 1 amide bonds. The zero-order valence-corrected chi connectivity index (χ0v) is 19.2. The van der Waals surface area contributed by atoms with Gasteiger partial charge in [-0.25, -0.2) is 4.99 Å². The molecule has 0 bridgehead atoms. The van der Waals surface area contributed by atoms with Gasteiger partial charge in [0.1, 0.15) is 12.3 Å². The first kappa shape index (κ1) is 22.9. The molecule has 158 valence electrons. The molecule has 29 heavy (non-hydrogen) atoms. The number of fused-ring (bicyclic) bond motifs is 1. The lowest BCUT2D eigenvalue weighted by atomic mass is 9.99. The molecule has 1 aliphatic heterocycles. The molecule has 1 aliphatic rings. The lowest BCUT2D eigenvalue weighted by Gasteiger charge is -2.32. The molecule has 8 nitrogen and oxygen atoms in total. The second-order valence-electron chi connectivity index (χ2n) is 6.45. The summed E-state index contributed by atoms with van der Waals surface area (Å²) < 4.78 is 16.3. The summed E-state index contributed by atoms with van der Waals surface area (Å²) in [6.07, 6.45) is 0.882. The monoisotopic (exact) mass is 514 g/mol. The Hall–Kier alpha value is -2.43. The van der Waals surface area contributed by atoms with Crippen molar-refractivity contribution in [2.75, 3.05) is 27.3 Å². The number of nitrogens with two attached hydrogens (primary N) is 1. The Morgan fingerprint density at radius 2 is 1.93 bits per heavy atom. The molecule has 0 saturated carbocycles. The van der Waals surface area contributed by atoms with E-state index in [9.17, 15) is 4.79 Å².